The molecule has 0 saturated carbocycles. The summed E-state index contributed by atoms with van der Waals surface area (Å²) in [6.07, 6.45) is 2.92. The summed E-state index contributed by atoms with van der Waals surface area (Å²) in [5.74, 6) is -1.57. The number of rotatable bonds is 9. The van der Waals surface area contributed by atoms with Gasteiger partial charge in [0.2, 0.25) is 0 Å². The molecule has 0 bridgehead atoms. The maximum Gasteiger partial charge on any atom is 0.306 e. The SMILES string of the molecule is CCCCC(CCC(=O)OCC1c2ccccc2-c2ccccc21)C(=O)O. The summed E-state index contributed by atoms with van der Waals surface area (Å²) >= 11 is 0. The second kappa shape index (κ2) is 8.85. The Morgan fingerprint density at radius 2 is 1.59 bits per heavy atom. The summed E-state index contributed by atoms with van der Waals surface area (Å²) in [7, 11) is 0. The third-order valence-electron chi connectivity index (χ3n) is 5.33. The molecule has 1 atom stereocenters. The van der Waals surface area contributed by atoms with Crippen LogP contribution in [0.15, 0.2) is 48.5 Å². The van der Waals surface area contributed by atoms with E-state index in [0.717, 1.165) is 12.8 Å². The largest absolute Gasteiger partial charge is 0.481 e. The maximum atomic E-state index is 12.2. The Bertz CT molecular complexity index is 766. The first kappa shape index (κ1) is 19.2. The van der Waals surface area contributed by atoms with Gasteiger partial charge in [-0.25, -0.2) is 0 Å². The van der Waals surface area contributed by atoms with Crippen LogP contribution in [0.4, 0.5) is 0 Å². The first-order valence-electron chi connectivity index (χ1n) is 9.68. The minimum atomic E-state index is -0.824. The molecule has 27 heavy (non-hydrogen) atoms. The number of carboxylic acid groups (broad SMARTS) is 1. The maximum absolute atomic E-state index is 12.2. The van der Waals surface area contributed by atoms with E-state index in [-0.39, 0.29) is 18.3 Å². The van der Waals surface area contributed by atoms with Gasteiger partial charge in [0, 0.05) is 12.3 Å². The van der Waals surface area contributed by atoms with E-state index in [1.807, 2.05) is 31.2 Å². The van der Waals surface area contributed by atoms with Crippen molar-refractivity contribution in [1.82, 2.24) is 0 Å². The van der Waals surface area contributed by atoms with Crippen LogP contribution in [0.3, 0.4) is 0 Å². The molecule has 2 aromatic carbocycles. The van der Waals surface area contributed by atoms with Gasteiger partial charge in [-0.15, -0.1) is 0 Å². The average molecular weight is 366 g/mol. The molecule has 4 heteroatoms. The highest BCUT2D eigenvalue weighted by Crippen LogP contribution is 2.44. The van der Waals surface area contributed by atoms with Crippen LogP contribution < -0.4 is 0 Å². The first-order chi connectivity index (χ1) is 13.1. The molecule has 4 nitrogen and oxygen atoms in total. The molecule has 1 N–H and O–H groups in total. The van der Waals surface area contributed by atoms with E-state index < -0.39 is 11.9 Å². The van der Waals surface area contributed by atoms with Crippen molar-refractivity contribution in [1.29, 1.82) is 0 Å². The Labute approximate surface area is 160 Å². The quantitative estimate of drug-likeness (QED) is 0.633. The van der Waals surface area contributed by atoms with Crippen LogP contribution in [0.5, 0.6) is 0 Å². The molecule has 1 unspecified atom stereocenters. The Hall–Kier alpha value is -2.62. The number of unbranched alkanes of at least 4 members (excludes halogenated alkanes) is 1. The van der Waals surface area contributed by atoms with Crippen molar-refractivity contribution in [2.75, 3.05) is 6.61 Å². The van der Waals surface area contributed by atoms with Gasteiger partial charge in [0.05, 0.1) is 5.92 Å². The number of hydrogen-bond donors (Lipinski definition) is 1. The van der Waals surface area contributed by atoms with Crippen molar-refractivity contribution in [2.24, 2.45) is 5.92 Å². The van der Waals surface area contributed by atoms with Gasteiger partial charge in [-0.2, -0.15) is 0 Å². The smallest absolute Gasteiger partial charge is 0.306 e. The van der Waals surface area contributed by atoms with E-state index in [2.05, 4.69) is 24.3 Å². The standard InChI is InChI=1S/C23H26O4/c1-2-3-8-16(23(25)26)13-14-22(24)27-15-21-19-11-6-4-9-17(19)18-10-5-7-12-20(18)21/h4-7,9-12,16,21H,2-3,8,13-15H2,1H3,(H,25,26). The molecule has 142 valence electrons. The van der Waals surface area contributed by atoms with E-state index in [4.69, 9.17) is 4.74 Å². The predicted octanol–water partition coefficient (Wildman–Crippen LogP) is 5.01. The van der Waals surface area contributed by atoms with Crippen LogP contribution in [0.25, 0.3) is 11.1 Å². The molecular weight excluding hydrogens is 340 g/mol. The number of aliphatic carboxylic acids is 1. The average Bonchev–Trinajstić information content (AvgIpc) is 3.00. The fourth-order valence-electron chi connectivity index (χ4n) is 3.82. The van der Waals surface area contributed by atoms with Gasteiger partial charge in [0.1, 0.15) is 6.61 Å². The summed E-state index contributed by atoms with van der Waals surface area (Å²) in [4.78, 5) is 23.5. The molecule has 0 heterocycles. The molecule has 0 spiro atoms. The summed E-state index contributed by atoms with van der Waals surface area (Å²) < 4.78 is 5.54. The van der Waals surface area contributed by atoms with Crippen molar-refractivity contribution < 1.29 is 19.4 Å². The minimum absolute atomic E-state index is 0.0386. The van der Waals surface area contributed by atoms with E-state index in [1.54, 1.807) is 0 Å². The number of carbonyl (C=O) groups excluding carboxylic acids is 1. The molecular formula is C23H26O4. The number of fused-ring (bicyclic) bond motifs is 3. The normalized spacial score (nSPS) is 13.7. The van der Waals surface area contributed by atoms with Gasteiger partial charge in [-0.05, 0) is 35.1 Å². The second-order valence-electron chi connectivity index (χ2n) is 7.13. The van der Waals surface area contributed by atoms with Crippen LogP contribution in [-0.4, -0.2) is 23.7 Å². The Kier molecular flexibility index (Phi) is 6.28. The summed E-state index contributed by atoms with van der Waals surface area (Å²) in [6, 6.07) is 16.4. The lowest BCUT2D eigenvalue weighted by molar-refractivity contribution is -0.146. The second-order valence-corrected chi connectivity index (χ2v) is 7.13. The number of carboxylic acids is 1. The van der Waals surface area contributed by atoms with Crippen LogP contribution in [0.1, 0.15) is 56.1 Å². The zero-order valence-electron chi connectivity index (χ0n) is 15.7. The van der Waals surface area contributed by atoms with Gasteiger partial charge < -0.3 is 9.84 Å². The zero-order valence-corrected chi connectivity index (χ0v) is 15.7. The fraction of sp³-hybridized carbons (Fsp3) is 0.391. The van der Waals surface area contributed by atoms with Crippen LogP contribution >= 0.6 is 0 Å². The van der Waals surface area contributed by atoms with Crippen LogP contribution in [0.2, 0.25) is 0 Å². The molecule has 3 rings (SSSR count). The van der Waals surface area contributed by atoms with Crippen LogP contribution in [0, 0.1) is 5.92 Å². The highest BCUT2D eigenvalue weighted by Gasteiger charge is 2.29. The van der Waals surface area contributed by atoms with E-state index >= 15 is 0 Å². The van der Waals surface area contributed by atoms with Crippen molar-refractivity contribution in [3.8, 4) is 11.1 Å². The summed E-state index contributed by atoms with van der Waals surface area (Å²) in [5, 5.41) is 9.28. The topological polar surface area (TPSA) is 63.6 Å². The molecule has 2 aromatic rings. The molecule has 0 saturated heterocycles. The molecule has 1 aliphatic carbocycles. The van der Waals surface area contributed by atoms with Crippen molar-refractivity contribution in [3.05, 3.63) is 59.7 Å². The van der Waals surface area contributed by atoms with Gasteiger partial charge >= 0.3 is 11.9 Å². The highest BCUT2D eigenvalue weighted by atomic mass is 16.5. The molecule has 0 fully saturated rings. The van der Waals surface area contributed by atoms with Crippen molar-refractivity contribution in [3.63, 3.8) is 0 Å². The first-order valence-corrected chi connectivity index (χ1v) is 9.68. The predicted molar refractivity (Wildman–Crippen MR) is 105 cm³/mol. The fourth-order valence-corrected chi connectivity index (χ4v) is 3.82. The van der Waals surface area contributed by atoms with Gasteiger partial charge in [0.25, 0.3) is 0 Å². The van der Waals surface area contributed by atoms with Gasteiger partial charge in [0.15, 0.2) is 0 Å². The Morgan fingerprint density at radius 1 is 1.00 bits per heavy atom. The molecule has 0 aromatic heterocycles. The van der Waals surface area contributed by atoms with Gasteiger partial charge in [-0.1, -0.05) is 68.3 Å². The third-order valence-corrected chi connectivity index (χ3v) is 5.33. The Morgan fingerprint density at radius 3 is 2.15 bits per heavy atom. The number of esters is 1. The number of carbonyl (C=O) groups is 2. The van der Waals surface area contributed by atoms with E-state index in [9.17, 15) is 14.7 Å². The van der Waals surface area contributed by atoms with Crippen LogP contribution in [-0.2, 0) is 14.3 Å². The lowest BCUT2D eigenvalue weighted by Gasteiger charge is -2.15. The number of hydrogen-bond acceptors (Lipinski definition) is 3. The molecule has 1 aliphatic rings. The molecule has 0 radical (unpaired) electrons. The van der Waals surface area contributed by atoms with E-state index in [0.29, 0.717) is 19.4 Å². The number of ether oxygens (including phenoxy) is 1. The summed E-state index contributed by atoms with van der Waals surface area (Å²) in [5.41, 5.74) is 4.75. The summed E-state index contributed by atoms with van der Waals surface area (Å²) in [6.45, 7) is 2.32. The molecule has 0 aliphatic heterocycles. The van der Waals surface area contributed by atoms with Crippen molar-refractivity contribution in [2.45, 2.75) is 44.9 Å². The number of benzene rings is 2. The zero-order chi connectivity index (χ0) is 19.2. The minimum Gasteiger partial charge on any atom is -0.481 e. The van der Waals surface area contributed by atoms with Crippen molar-refractivity contribution >= 4 is 11.9 Å². The lowest BCUT2D eigenvalue weighted by Crippen LogP contribution is -2.17. The lowest BCUT2D eigenvalue weighted by atomic mass is 9.97. The third kappa shape index (κ3) is 4.38. The highest BCUT2D eigenvalue weighted by molar-refractivity contribution is 5.79. The Balaban J connectivity index is 1.60. The molecule has 0 amide bonds. The monoisotopic (exact) mass is 366 g/mol. The van der Waals surface area contributed by atoms with E-state index in [1.165, 1.54) is 22.3 Å². The van der Waals surface area contributed by atoms with Gasteiger partial charge in [-0.3, -0.25) is 9.59 Å².